The van der Waals surface area contributed by atoms with Crippen molar-refractivity contribution >= 4 is 23.6 Å². The van der Waals surface area contributed by atoms with Crippen molar-refractivity contribution in [2.75, 3.05) is 19.3 Å². The Balaban J connectivity index is 1.70. The summed E-state index contributed by atoms with van der Waals surface area (Å²) in [5.74, 6) is -1.37. The van der Waals surface area contributed by atoms with Crippen LogP contribution in [-0.2, 0) is 24.2 Å². The van der Waals surface area contributed by atoms with E-state index in [0.717, 1.165) is 28.5 Å². The van der Waals surface area contributed by atoms with E-state index in [2.05, 4.69) is 5.32 Å². The fourth-order valence-electron chi connectivity index (χ4n) is 4.24. The van der Waals surface area contributed by atoms with Gasteiger partial charge in [0.2, 0.25) is 5.91 Å². The zero-order chi connectivity index (χ0) is 28.4. The summed E-state index contributed by atoms with van der Waals surface area (Å²) in [6.07, 6.45) is -0.0377. The second kappa shape index (κ2) is 14.8. The molecule has 0 saturated carbocycles. The number of halogens is 2. The monoisotopic (exact) mass is 555 g/mol. The quantitative estimate of drug-likeness (QED) is 0.273. The summed E-state index contributed by atoms with van der Waals surface area (Å²) in [4.78, 5) is 27.9. The minimum absolute atomic E-state index is 0.0341. The molecular weight excluding hydrogens is 520 g/mol. The van der Waals surface area contributed by atoms with Crippen molar-refractivity contribution in [1.82, 2.24) is 10.2 Å². The first-order valence-electron chi connectivity index (χ1n) is 12.9. The van der Waals surface area contributed by atoms with Crippen LogP contribution in [0.2, 0.25) is 0 Å². The highest BCUT2D eigenvalue weighted by molar-refractivity contribution is 7.99. The van der Waals surface area contributed by atoms with Crippen molar-refractivity contribution in [3.63, 3.8) is 0 Å². The van der Waals surface area contributed by atoms with E-state index < -0.39 is 23.8 Å². The largest absolute Gasteiger partial charge is 0.390 e. The molecule has 0 radical (unpaired) electrons. The minimum atomic E-state index is -1.11. The topological polar surface area (TPSA) is 95.7 Å². The molecule has 2 atom stereocenters. The fourth-order valence-corrected chi connectivity index (χ4v) is 5.23. The van der Waals surface area contributed by atoms with Crippen LogP contribution in [0.5, 0.6) is 0 Å². The minimum Gasteiger partial charge on any atom is -0.390 e. The van der Waals surface area contributed by atoms with Crippen molar-refractivity contribution in [3.05, 3.63) is 101 Å². The van der Waals surface area contributed by atoms with E-state index in [4.69, 9.17) is 5.73 Å². The number of nitrogens with zero attached hydrogens (tertiary/aromatic N) is 1. The number of amides is 2. The van der Waals surface area contributed by atoms with E-state index in [1.807, 2.05) is 43.3 Å². The molecule has 0 bridgehead atoms. The summed E-state index contributed by atoms with van der Waals surface area (Å²) in [6, 6.07) is 17.4. The van der Waals surface area contributed by atoms with Crippen LogP contribution in [-0.4, -0.2) is 53.3 Å². The number of nitrogens with one attached hydrogen (secondary N) is 1. The number of nitrogens with two attached hydrogens (primary N) is 1. The predicted octanol–water partition coefficient (Wildman–Crippen LogP) is 4.33. The molecule has 0 saturated heterocycles. The second-order valence-corrected chi connectivity index (χ2v) is 10.5. The van der Waals surface area contributed by atoms with E-state index in [-0.39, 0.29) is 37.7 Å². The van der Waals surface area contributed by atoms with E-state index in [9.17, 15) is 23.5 Å². The Morgan fingerprint density at radius 3 is 2.38 bits per heavy atom. The molecule has 0 aliphatic heterocycles. The van der Waals surface area contributed by atoms with Crippen LogP contribution in [0.15, 0.2) is 71.6 Å². The maximum absolute atomic E-state index is 13.6. The Kier molecular flexibility index (Phi) is 11.5. The standard InChI is InChI=1S/C30H35F2N3O3S/c1-3-20-7-6-8-21(13-20)18-35(19-27(36)26(33)16-22-14-23(31)17-24(32)15-22)29(37)11-12-39-28-10-5-4-9-25(28)30(38)34-2/h4-10,13-15,17,26-27,36H,3,11-12,16,18-19,33H2,1-2H3,(H,34,38)/t26-,27+/m0/s1. The third-order valence-corrected chi connectivity index (χ3v) is 7.43. The van der Waals surface area contributed by atoms with Crippen LogP contribution in [0, 0.1) is 11.6 Å². The zero-order valence-corrected chi connectivity index (χ0v) is 23.0. The van der Waals surface area contributed by atoms with Gasteiger partial charge in [-0.05, 0) is 53.8 Å². The van der Waals surface area contributed by atoms with Crippen LogP contribution < -0.4 is 11.1 Å². The van der Waals surface area contributed by atoms with Crippen LogP contribution in [0.25, 0.3) is 0 Å². The van der Waals surface area contributed by atoms with Crippen molar-refractivity contribution in [3.8, 4) is 0 Å². The highest BCUT2D eigenvalue weighted by atomic mass is 32.2. The summed E-state index contributed by atoms with van der Waals surface area (Å²) in [5.41, 5.74) is 9.13. The Bertz CT molecular complexity index is 1250. The lowest BCUT2D eigenvalue weighted by atomic mass is 10.0. The molecule has 39 heavy (non-hydrogen) atoms. The lowest BCUT2D eigenvalue weighted by molar-refractivity contribution is -0.133. The first kappa shape index (κ1) is 30.3. The highest BCUT2D eigenvalue weighted by Gasteiger charge is 2.23. The van der Waals surface area contributed by atoms with Gasteiger partial charge in [-0.1, -0.05) is 43.3 Å². The summed E-state index contributed by atoms with van der Waals surface area (Å²) >= 11 is 1.41. The van der Waals surface area contributed by atoms with Crippen LogP contribution in [0.1, 0.15) is 40.4 Å². The Morgan fingerprint density at radius 1 is 1.00 bits per heavy atom. The molecule has 0 unspecified atom stereocenters. The molecule has 4 N–H and O–H groups in total. The maximum atomic E-state index is 13.6. The Labute approximate surface area is 232 Å². The second-order valence-electron chi connectivity index (χ2n) is 9.33. The number of aliphatic hydroxyl groups is 1. The molecule has 208 valence electrons. The van der Waals surface area contributed by atoms with Crippen LogP contribution in [0.4, 0.5) is 8.78 Å². The molecule has 3 aromatic carbocycles. The molecule has 3 aromatic rings. The van der Waals surface area contributed by atoms with Gasteiger partial charge in [-0.2, -0.15) is 0 Å². The SMILES string of the molecule is CCc1cccc(CN(C[C@@H](O)[C@@H](N)Cc2cc(F)cc(F)c2)C(=O)CCSc2ccccc2C(=O)NC)c1. The normalized spacial score (nSPS) is 12.6. The number of hydrogen-bond acceptors (Lipinski definition) is 5. The third-order valence-electron chi connectivity index (χ3n) is 6.35. The number of hydrogen-bond donors (Lipinski definition) is 3. The highest BCUT2D eigenvalue weighted by Crippen LogP contribution is 2.24. The van der Waals surface area contributed by atoms with Crippen molar-refractivity contribution in [2.45, 2.75) is 49.8 Å². The van der Waals surface area contributed by atoms with Gasteiger partial charge in [0.1, 0.15) is 11.6 Å². The summed E-state index contributed by atoms with van der Waals surface area (Å²) in [6.45, 7) is 2.30. The van der Waals surface area contributed by atoms with Crippen LogP contribution in [0.3, 0.4) is 0 Å². The van der Waals surface area contributed by atoms with Gasteiger partial charge in [0.15, 0.2) is 0 Å². The van der Waals surface area contributed by atoms with Gasteiger partial charge < -0.3 is 21.1 Å². The first-order valence-corrected chi connectivity index (χ1v) is 13.9. The molecule has 0 aliphatic carbocycles. The lowest BCUT2D eigenvalue weighted by Crippen LogP contribution is -2.46. The third kappa shape index (κ3) is 9.16. The van der Waals surface area contributed by atoms with Crippen molar-refractivity contribution < 1.29 is 23.5 Å². The smallest absolute Gasteiger partial charge is 0.252 e. The van der Waals surface area contributed by atoms with Gasteiger partial charge in [-0.25, -0.2) is 8.78 Å². The van der Waals surface area contributed by atoms with Crippen molar-refractivity contribution in [2.24, 2.45) is 5.73 Å². The predicted molar refractivity (Wildman–Crippen MR) is 150 cm³/mol. The number of benzene rings is 3. The Morgan fingerprint density at radius 2 is 1.69 bits per heavy atom. The average molecular weight is 556 g/mol. The van der Waals surface area contributed by atoms with Gasteiger partial charge in [0.25, 0.3) is 5.91 Å². The van der Waals surface area contributed by atoms with Gasteiger partial charge in [-0.3, -0.25) is 9.59 Å². The van der Waals surface area contributed by atoms with Gasteiger partial charge in [0.05, 0.1) is 11.7 Å². The molecule has 3 rings (SSSR count). The summed E-state index contributed by atoms with van der Waals surface area (Å²) < 4.78 is 27.2. The molecule has 0 heterocycles. The number of carbonyl (C=O) groups excluding carboxylic acids is 2. The zero-order valence-electron chi connectivity index (χ0n) is 22.2. The molecule has 0 aliphatic rings. The number of carbonyl (C=O) groups is 2. The number of rotatable bonds is 13. The Hall–Kier alpha value is -3.27. The molecule has 0 fully saturated rings. The fraction of sp³-hybridized carbons (Fsp3) is 0.333. The molecular formula is C30H35F2N3O3S. The van der Waals surface area contributed by atoms with Crippen molar-refractivity contribution in [1.29, 1.82) is 0 Å². The molecule has 9 heteroatoms. The van der Waals surface area contributed by atoms with Gasteiger partial charge in [-0.15, -0.1) is 11.8 Å². The number of aryl methyl sites for hydroxylation is 1. The van der Waals surface area contributed by atoms with Crippen LogP contribution >= 0.6 is 11.8 Å². The maximum Gasteiger partial charge on any atom is 0.252 e. The van der Waals surface area contributed by atoms with E-state index in [1.54, 1.807) is 24.1 Å². The molecule has 0 spiro atoms. The van der Waals surface area contributed by atoms with E-state index in [1.165, 1.54) is 23.9 Å². The molecule has 0 aromatic heterocycles. The van der Waals surface area contributed by atoms with E-state index >= 15 is 0 Å². The summed E-state index contributed by atoms with van der Waals surface area (Å²) in [7, 11) is 1.57. The number of aliphatic hydroxyl groups excluding tert-OH is 1. The summed E-state index contributed by atoms with van der Waals surface area (Å²) in [5, 5.41) is 13.5. The average Bonchev–Trinajstić information content (AvgIpc) is 2.91. The lowest BCUT2D eigenvalue weighted by Gasteiger charge is -2.28. The molecule has 6 nitrogen and oxygen atoms in total. The van der Waals surface area contributed by atoms with E-state index in [0.29, 0.717) is 16.9 Å². The van der Waals surface area contributed by atoms with Gasteiger partial charge >= 0.3 is 0 Å². The number of thioether (sulfide) groups is 1. The molecule has 2 amide bonds. The first-order chi connectivity index (χ1) is 18.7. The van der Waals surface area contributed by atoms with Gasteiger partial charge in [0, 0.05) is 49.3 Å².